The second-order valence-corrected chi connectivity index (χ2v) is 8.90. The molecule has 0 aliphatic carbocycles. The molecule has 3 aromatic rings. The van der Waals surface area contributed by atoms with Crippen molar-refractivity contribution >= 4 is 62.0 Å². The van der Waals surface area contributed by atoms with Crippen LogP contribution in [0.25, 0.3) is 0 Å². The lowest BCUT2D eigenvalue weighted by molar-refractivity contribution is 0.602. The van der Waals surface area contributed by atoms with E-state index in [4.69, 9.17) is 34.8 Å². The van der Waals surface area contributed by atoms with Gasteiger partial charge in [0.05, 0.1) is 6.54 Å². The Balaban J connectivity index is 1.83. The van der Waals surface area contributed by atoms with Gasteiger partial charge in [0.2, 0.25) is 0 Å². The maximum Gasteiger partial charge on any atom is 0.272 e. The number of sulfonamides is 1. The summed E-state index contributed by atoms with van der Waals surface area (Å²) in [7, 11) is -3.70. The van der Waals surface area contributed by atoms with Gasteiger partial charge in [0.1, 0.15) is 9.23 Å². The van der Waals surface area contributed by atoms with Gasteiger partial charge in [-0.3, -0.25) is 9.40 Å². The van der Waals surface area contributed by atoms with Crippen molar-refractivity contribution in [3.05, 3.63) is 62.5 Å². The molecule has 0 radical (unpaired) electrons. The topological polar surface area (TPSA) is 64.0 Å². The van der Waals surface area contributed by atoms with Crippen LogP contribution in [0.2, 0.25) is 15.1 Å². The van der Waals surface area contributed by atoms with Crippen LogP contribution >= 0.6 is 46.1 Å². The highest BCUT2D eigenvalue weighted by Gasteiger charge is 2.19. The van der Waals surface area contributed by atoms with Gasteiger partial charge in [-0.2, -0.15) is 5.10 Å². The van der Waals surface area contributed by atoms with Crippen molar-refractivity contribution in [3.8, 4) is 0 Å². The van der Waals surface area contributed by atoms with E-state index in [1.54, 1.807) is 29.6 Å². The van der Waals surface area contributed by atoms with Crippen LogP contribution in [0.1, 0.15) is 5.56 Å². The fraction of sp³-hybridized carbons (Fsp3) is 0.0714. The van der Waals surface area contributed by atoms with Crippen LogP contribution in [-0.2, 0) is 16.6 Å². The predicted octanol–water partition coefficient (Wildman–Crippen LogP) is 4.75. The number of hydrogen-bond donors (Lipinski definition) is 1. The SMILES string of the molecule is O=S(=O)(Nc1nn(Cc2ccc(Cl)cc2Cl)cc1Cl)c1cccs1. The quantitative estimate of drug-likeness (QED) is 0.645. The molecule has 0 atom stereocenters. The first kappa shape index (κ1) is 17.6. The monoisotopic (exact) mass is 421 g/mol. The Morgan fingerprint density at radius 2 is 1.96 bits per heavy atom. The van der Waals surface area contributed by atoms with Crippen LogP contribution in [0.5, 0.6) is 0 Å². The van der Waals surface area contributed by atoms with Crippen LogP contribution in [0, 0.1) is 0 Å². The molecule has 126 valence electrons. The van der Waals surface area contributed by atoms with Gasteiger partial charge < -0.3 is 0 Å². The Labute approximate surface area is 157 Å². The number of thiophene rings is 1. The maximum atomic E-state index is 12.2. The number of rotatable bonds is 5. The molecule has 3 rings (SSSR count). The fourth-order valence-corrected chi connectivity index (χ4v) is 4.70. The Kier molecular flexibility index (Phi) is 5.08. The van der Waals surface area contributed by atoms with Crippen molar-refractivity contribution in [3.63, 3.8) is 0 Å². The normalized spacial score (nSPS) is 11.6. The summed E-state index contributed by atoms with van der Waals surface area (Å²) in [5, 5.41) is 7.07. The van der Waals surface area contributed by atoms with Gasteiger partial charge in [-0.15, -0.1) is 11.3 Å². The van der Waals surface area contributed by atoms with Gasteiger partial charge >= 0.3 is 0 Å². The number of nitrogens with one attached hydrogen (secondary N) is 1. The van der Waals surface area contributed by atoms with E-state index in [2.05, 4.69) is 9.82 Å². The highest BCUT2D eigenvalue weighted by atomic mass is 35.5. The minimum atomic E-state index is -3.70. The average molecular weight is 423 g/mol. The molecule has 0 bridgehead atoms. The number of nitrogens with zero attached hydrogens (tertiary/aromatic N) is 2. The summed E-state index contributed by atoms with van der Waals surface area (Å²) in [6.45, 7) is 0.330. The third-order valence-corrected chi connectivity index (χ3v) is 6.66. The molecule has 2 aromatic heterocycles. The van der Waals surface area contributed by atoms with E-state index in [-0.39, 0.29) is 15.0 Å². The standard InChI is InChI=1S/C14H10Cl3N3O2S2/c15-10-4-3-9(11(16)6-10)7-20-8-12(17)14(18-20)19-24(21,22)13-2-1-5-23-13/h1-6,8H,7H2,(H,18,19). The zero-order valence-corrected chi connectivity index (χ0v) is 15.8. The molecule has 0 unspecified atom stereocenters. The molecule has 0 aliphatic heterocycles. The average Bonchev–Trinajstić information content (AvgIpc) is 3.13. The number of benzene rings is 1. The molecule has 10 heteroatoms. The van der Waals surface area contributed by atoms with Gasteiger partial charge in [0, 0.05) is 16.2 Å². The van der Waals surface area contributed by atoms with E-state index in [9.17, 15) is 8.42 Å². The van der Waals surface area contributed by atoms with Crippen LogP contribution in [-0.4, -0.2) is 18.2 Å². The Morgan fingerprint density at radius 3 is 2.62 bits per heavy atom. The third-order valence-electron chi connectivity index (χ3n) is 3.06. The van der Waals surface area contributed by atoms with Crippen molar-refractivity contribution < 1.29 is 8.42 Å². The highest BCUT2D eigenvalue weighted by molar-refractivity contribution is 7.94. The van der Waals surface area contributed by atoms with Crippen molar-refractivity contribution in [2.45, 2.75) is 10.8 Å². The van der Waals surface area contributed by atoms with Crippen molar-refractivity contribution in [2.75, 3.05) is 4.72 Å². The smallest absolute Gasteiger partial charge is 0.265 e. The van der Waals surface area contributed by atoms with E-state index < -0.39 is 10.0 Å². The Morgan fingerprint density at radius 1 is 1.17 bits per heavy atom. The Bertz CT molecular complexity index is 969. The second-order valence-electron chi connectivity index (χ2n) is 4.80. The molecule has 24 heavy (non-hydrogen) atoms. The van der Waals surface area contributed by atoms with E-state index >= 15 is 0 Å². The lowest BCUT2D eigenvalue weighted by Gasteiger charge is -2.05. The molecule has 0 aliphatic rings. The van der Waals surface area contributed by atoms with E-state index in [1.807, 2.05) is 0 Å². The van der Waals surface area contributed by atoms with Gasteiger partial charge in [-0.05, 0) is 29.1 Å². The van der Waals surface area contributed by atoms with Crippen LogP contribution in [0.4, 0.5) is 5.82 Å². The second kappa shape index (κ2) is 6.93. The summed E-state index contributed by atoms with van der Waals surface area (Å²) in [5.74, 6) is 0.0650. The summed E-state index contributed by atoms with van der Waals surface area (Å²) < 4.78 is 28.5. The molecule has 0 saturated carbocycles. The van der Waals surface area contributed by atoms with E-state index in [0.717, 1.165) is 16.9 Å². The van der Waals surface area contributed by atoms with Gasteiger partial charge in [0.25, 0.3) is 10.0 Å². The van der Waals surface area contributed by atoms with Crippen LogP contribution < -0.4 is 4.72 Å². The summed E-state index contributed by atoms with van der Waals surface area (Å²) in [4.78, 5) is 0. The first-order valence-corrected chi connectivity index (χ1v) is 10.1. The van der Waals surface area contributed by atoms with E-state index in [0.29, 0.717) is 16.6 Å². The molecule has 1 aromatic carbocycles. The van der Waals surface area contributed by atoms with Crippen molar-refractivity contribution in [1.29, 1.82) is 0 Å². The molecule has 0 spiro atoms. The first-order valence-electron chi connectivity index (χ1n) is 6.58. The molecule has 0 fully saturated rings. The number of halogens is 3. The lowest BCUT2D eigenvalue weighted by Crippen LogP contribution is -2.12. The van der Waals surface area contributed by atoms with Crippen LogP contribution in [0.15, 0.2) is 46.1 Å². The Hall–Kier alpha value is -1.25. The zero-order valence-electron chi connectivity index (χ0n) is 11.9. The molecule has 1 N–H and O–H groups in total. The van der Waals surface area contributed by atoms with Gasteiger partial charge in [0.15, 0.2) is 5.82 Å². The lowest BCUT2D eigenvalue weighted by atomic mass is 10.2. The number of anilines is 1. The van der Waals surface area contributed by atoms with E-state index in [1.165, 1.54) is 16.9 Å². The van der Waals surface area contributed by atoms with Gasteiger partial charge in [-0.25, -0.2) is 8.42 Å². The summed E-state index contributed by atoms with van der Waals surface area (Å²) >= 11 is 19.2. The molecule has 0 saturated heterocycles. The third kappa shape index (κ3) is 3.87. The number of aromatic nitrogens is 2. The molecular weight excluding hydrogens is 413 g/mol. The van der Waals surface area contributed by atoms with Gasteiger partial charge in [-0.1, -0.05) is 46.9 Å². The summed E-state index contributed by atoms with van der Waals surface area (Å²) in [6.07, 6.45) is 1.53. The van der Waals surface area contributed by atoms with Crippen molar-refractivity contribution in [2.24, 2.45) is 0 Å². The predicted molar refractivity (Wildman–Crippen MR) is 97.9 cm³/mol. The summed E-state index contributed by atoms with van der Waals surface area (Å²) in [6, 6.07) is 8.28. The maximum absolute atomic E-state index is 12.2. The largest absolute Gasteiger partial charge is 0.272 e. The summed E-state index contributed by atoms with van der Waals surface area (Å²) in [5.41, 5.74) is 0.785. The van der Waals surface area contributed by atoms with Crippen molar-refractivity contribution in [1.82, 2.24) is 9.78 Å². The van der Waals surface area contributed by atoms with Crippen LogP contribution in [0.3, 0.4) is 0 Å². The zero-order chi connectivity index (χ0) is 17.3. The molecular formula is C14H10Cl3N3O2S2. The minimum absolute atomic E-state index is 0.0650. The minimum Gasteiger partial charge on any atom is -0.265 e. The fourth-order valence-electron chi connectivity index (χ4n) is 1.97. The molecule has 0 amide bonds. The first-order chi connectivity index (χ1) is 11.3. The molecule has 5 nitrogen and oxygen atoms in total. The highest BCUT2D eigenvalue weighted by Crippen LogP contribution is 2.26. The number of hydrogen-bond acceptors (Lipinski definition) is 4. The molecule has 2 heterocycles.